The SMILES string of the molecule is CCc1cc(COc2ccc(C)nc2CC(C)N)n(C)n1. The van der Waals surface area contributed by atoms with Crippen molar-refractivity contribution < 1.29 is 4.74 Å². The largest absolute Gasteiger partial charge is 0.485 e. The van der Waals surface area contributed by atoms with Gasteiger partial charge in [0.2, 0.25) is 0 Å². The van der Waals surface area contributed by atoms with Crippen molar-refractivity contribution in [1.82, 2.24) is 14.8 Å². The molecule has 2 aromatic rings. The summed E-state index contributed by atoms with van der Waals surface area (Å²) in [5.41, 5.74) is 9.92. The monoisotopic (exact) mass is 288 g/mol. The van der Waals surface area contributed by atoms with Crippen LogP contribution in [0.1, 0.15) is 36.6 Å². The third-order valence-electron chi connectivity index (χ3n) is 3.35. The minimum Gasteiger partial charge on any atom is -0.485 e. The standard InChI is InChI=1S/C16H24N4O/c1-5-13-9-14(20(4)19-13)10-21-16-7-6-12(3)18-15(16)8-11(2)17/h6-7,9,11H,5,8,10,17H2,1-4H3. The Bertz CT molecular complexity index is 604. The lowest BCUT2D eigenvalue weighted by molar-refractivity contribution is 0.289. The quantitative estimate of drug-likeness (QED) is 0.884. The van der Waals surface area contributed by atoms with Crippen LogP contribution < -0.4 is 10.5 Å². The van der Waals surface area contributed by atoms with Crippen LogP contribution >= 0.6 is 0 Å². The average molecular weight is 288 g/mol. The van der Waals surface area contributed by atoms with Crippen molar-refractivity contribution in [2.24, 2.45) is 12.8 Å². The summed E-state index contributed by atoms with van der Waals surface area (Å²) < 4.78 is 7.81. The molecule has 1 unspecified atom stereocenters. The fourth-order valence-electron chi connectivity index (χ4n) is 2.21. The van der Waals surface area contributed by atoms with Gasteiger partial charge in [-0.3, -0.25) is 9.67 Å². The Labute approximate surface area is 126 Å². The molecule has 0 aliphatic heterocycles. The van der Waals surface area contributed by atoms with E-state index in [0.717, 1.165) is 34.9 Å². The molecule has 2 N–H and O–H groups in total. The van der Waals surface area contributed by atoms with Crippen LogP contribution in [0.3, 0.4) is 0 Å². The van der Waals surface area contributed by atoms with Crippen molar-refractivity contribution >= 4 is 0 Å². The minimum absolute atomic E-state index is 0.0602. The van der Waals surface area contributed by atoms with Crippen LogP contribution in [0.5, 0.6) is 5.75 Å². The van der Waals surface area contributed by atoms with E-state index < -0.39 is 0 Å². The number of aryl methyl sites for hydroxylation is 3. The molecule has 0 bridgehead atoms. The Morgan fingerprint density at radius 2 is 2.14 bits per heavy atom. The second-order valence-electron chi connectivity index (χ2n) is 5.47. The van der Waals surface area contributed by atoms with Crippen LogP contribution in [-0.2, 0) is 26.5 Å². The van der Waals surface area contributed by atoms with Gasteiger partial charge in [0.1, 0.15) is 12.4 Å². The van der Waals surface area contributed by atoms with Gasteiger partial charge in [-0.2, -0.15) is 5.10 Å². The van der Waals surface area contributed by atoms with E-state index in [1.807, 2.05) is 37.7 Å². The van der Waals surface area contributed by atoms with Gasteiger partial charge in [0.25, 0.3) is 0 Å². The summed E-state index contributed by atoms with van der Waals surface area (Å²) in [7, 11) is 1.94. The van der Waals surface area contributed by atoms with Gasteiger partial charge in [-0.25, -0.2) is 0 Å². The van der Waals surface area contributed by atoms with E-state index in [1.165, 1.54) is 0 Å². The molecule has 2 aromatic heterocycles. The lowest BCUT2D eigenvalue weighted by Crippen LogP contribution is -2.19. The first-order valence-electron chi connectivity index (χ1n) is 7.36. The number of pyridine rings is 1. The number of hydrogen-bond acceptors (Lipinski definition) is 4. The summed E-state index contributed by atoms with van der Waals surface area (Å²) >= 11 is 0. The first-order chi connectivity index (χ1) is 9.99. The molecule has 0 aliphatic rings. The number of hydrogen-bond donors (Lipinski definition) is 1. The molecule has 5 nitrogen and oxygen atoms in total. The van der Waals surface area contributed by atoms with E-state index in [2.05, 4.69) is 23.1 Å². The minimum atomic E-state index is 0.0602. The maximum Gasteiger partial charge on any atom is 0.141 e. The molecular weight excluding hydrogens is 264 g/mol. The Kier molecular flexibility index (Phi) is 4.96. The van der Waals surface area contributed by atoms with Crippen LogP contribution in [0.4, 0.5) is 0 Å². The molecule has 1 atom stereocenters. The topological polar surface area (TPSA) is 66.0 Å². The first-order valence-corrected chi connectivity index (χ1v) is 7.36. The van der Waals surface area contributed by atoms with Crippen molar-refractivity contribution in [3.63, 3.8) is 0 Å². The zero-order chi connectivity index (χ0) is 15.4. The average Bonchev–Trinajstić information content (AvgIpc) is 2.78. The highest BCUT2D eigenvalue weighted by atomic mass is 16.5. The maximum atomic E-state index is 5.94. The Balaban J connectivity index is 2.13. The Hall–Kier alpha value is -1.88. The maximum absolute atomic E-state index is 5.94. The van der Waals surface area contributed by atoms with Gasteiger partial charge in [-0.15, -0.1) is 0 Å². The van der Waals surface area contributed by atoms with Gasteiger partial charge in [0.15, 0.2) is 0 Å². The molecule has 0 aliphatic carbocycles. The predicted octanol–water partition coefficient (Wildman–Crippen LogP) is 2.15. The number of nitrogens with zero attached hydrogens (tertiary/aromatic N) is 3. The summed E-state index contributed by atoms with van der Waals surface area (Å²) in [5.74, 6) is 0.803. The van der Waals surface area contributed by atoms with Crippen molar-refractivity contribution in [1.29, 1.82) is 0 Å². The van der Waals surface area contributed by atoms with Gasteiger partial charge >= 0.3 is 0 Å². The van der Waals surface area contributed by atoms with E-state index in [4.69, 9.17) is 10.5 Å². The van der Waals surface area contributed by atoms with Crippen LogP contribution in [0, 0.1) is 6.92 Å². The smallest absolute Gasteiger partial charge is 0.141 e. The van der Waals surface area contributed by atoms with E-state index in [1.54, 1.807) is 0 Å². The van der Waals surface area contributed by atoms with Crippen LogP contribution in [-0.4, -0.2) is 20.8 Å². The predicted molar refractivity (Wildman–Crippen MR) is 83.2 cm³/mol. The second kappa shape index (κ2) is 6.72. The molecule has 0 radical (unpaired) electrons. The summed E-state index contributed by atoms with van der Waals surface area (Å²) in [5, 5.41) is 4.43. The van der Waals surface area contributed by atoms with Gasteiger partial charge in [0.05, 0.1) is 17.1 Å². The number of nitrogens with two attached hydrogens (primary N) is 1. The zero-order valence-corrected chi connectivity index (χ0v) is 13.3. The lowest BCUT2D eigenvalue weighted by Gasteiger charge is -2.13. The molecule has 0 aromatic carbocycles. The highest BCUT2D eigenvalue weighted by molar-refractivity contribution is 5.30. The lowest BCUT2D eigenvalue weighted by atomic mass is 10.1. The van der Waals surface area contributed by atoms with Crippen LogP contribution in [0.15, 0.2) is 18.2 Å². The summed E-state index contributed by atoms with van der Waals surface area (Å²) in [4.78, 5) is 4.54. The van der Waals surface area contributed by atoms with E-state index in [9.17, 15) is 0 Å². The summed E-state index contributed by atoms with van der Waals surface area (Å²) in [6.45, 7) is 6.53. The molecule has 114 valence electrons. The van der Waals surface area contributed by atoms with Crippen molar-refractivity contribution in [3.8, 4) is 5.75 Å². The molecule has 0 fully saturated rings. The summed E-state index contributed by atoms with van der Waals surface area (Å²) in [6, 6.07) is 6.06. The fraction of sp³-hybridized carbons (Fsp3) is 0.500. The Morgan fingerprint density at radius 3 is 2.76 bits per heavy atom. The van der Waals surface area contributed by atoms with Crippen molar-refractivity contribution in [2.45, 2.75) is 46.3 Å². The first kappa shape index (κ1) is 15.5. The van der Waals surface area contributed by atoms with Gasteiger partial charge in [-0.05, 0) is 38.5 Å². The highest BCUT2D eigenvalue weighted by Gasteiger charge is 2.10. The molecular formula is C16H24N4O. The molecule has 2 rings (SSSR count). The van der Waals surface area contributed by atoms with E-state index in [0.29, 0.717) is 13.0 Å². The highest BCUT2D eigenvalue weighted by Crippen LogP contribution is 2.20. The fourth-order valence-corrected chi connectivity index (χ4v) is 2.21. The third-order valence-corrected chi connectivity index (χ3v) is 3.35. The third kappa shape index (κ3) is 4.04. The number of aromatic nitrogens is 3. The van der Waals surface area contributed by atoms with Gasteiger partial charge in [-0.1, -0.05) is 6.92 Å². The summed E-state index contributed by atoms with van der Waals surface area (Å²) in [6.07, 6.45) is 1.64. The molecule has 21 heavy (non-hydrogen) atoms. The van der Waals surface area contributed by atoms with Gasteiger partial charge in [0, 0.05) is 25.2 Å². The molecule has 0 amide bonds. The normalized spacial score (nSPS) is 12.4. The van der Waals surface area contributed by atoms with E-state index >= 15 is 0 Å². The van der Waals surface area contributed by atoms with Crippen LogP contribution in [0.25, 0.3) is 0 Å². The van der Waals surface area contributed by atoms with Crippen LogP contribution in [0.2, 0.25) is 0 Å². The molecule has 0 spiro atoms. The number of rotatable bonds is 6. The zero-order valence-electron chi connectivity index (χ0n) is 13.3. The van der Waals surface area contributed by atoms with E-state index in [-0.39, 0.29) is 6.04 Å². The number of ether oxygens (including phenoxy) is 1. The van der Waals surface area contributed by atoms with Crippen molar-refractivity contribution in [3.05, 3.63) is 41.0 Å². The molecule has 0 saturated heterocycles. The molecule has 0 saturated carbocycles. The molecule has 5 heteroatoms. The van der Waals surface area contributed by atoms with Gasteiger partial charge < -0.3 is 10.5 Å². The molecule has 2 heterocycles. The van der Waals surface area contributed by atoms with Crippen molar-refractivity contribution in [2.75, 3.05) is 0 Å². The second-order valence-corrected chi connectivity index (χ2v) is 5.47. The Morgan fingerprint density at radius 1 is 1.38 bits per heavy atom.